The monoisotopic (exact) mass is 320 g/mol. The second-order valence-corrected chi connectivity index (χ2v) is 6.18. The van der Waals surface area contributed by atoms with Gasteiger partial charge in [-0.05, 0) is 65.1 Å². The Labute approximate surface area is 141 Å². The first-order valence-corrected chi connectivity index (χ1v) is 8.39. The molecule has 0 aromatic heterocycles. The molecular weight excluding hydrogens is 300 g/mol. The predicted molar refractivity (Wildman–Crippen MR) is 95.3 cm³/mol. The third kappa shape index (κ3) is 3.22. The maximum atomic E-state index is 9.42. The number of hydrogen-bond donors (Lipinski definition) is 1. The Balaban J connectivity index is 1.59. The summed E-state index contributed by atoms with van der Waals surface area (Å²) in [5.74, 6) is 1.14. The maximum absolute atomic E-state index is 9.42. The zero-order valence-electron chi connectivity index (χ0n) is 13.4. The summed E-state index contributed by atoms with van der Waals surface area (Å²) < 4.78 is 11.6. The van der Waals surface area contributed by atoms with Crippen molar-refractivity contribution in [1.29, 1.82) is 0 Å². The fourth-order valence-electron chi connectivity index (χ4n) is 3.09. The molecule has 3 aromatic rings. The first kappa shape index (κ1) is 15.0. The van der Waals surface area contributed by atoms with Crippen molar-refractivity contribution in [3.8, 4) is 22.6 Å². The van der Waals surface area contributed by atoms with Gasteiger partial charge in [0.1, 0.15) is 11.5 Å². The summed E-state index contributed by atoms with van der Waals surface area (Å²) in [5.41, 5.74) is 2.22. The molecular formula is C21H20O3. The van der Waals surface area contributed by atoms with E-state index in [4.69, 9.17) is 9.47 Å². The zero-order chi connectivity index (χ0) is 16.4. The van der Waals surface area contributed by atoms with Gasteiger partial charge >= 0.3 is 0 Å². The Morgan fingerprint density at radius 1 is 0.833 bits per heavy atom. The largest absolute Gasteiger partial charge is 0.508 e. The van der Waals surface area contributed by atoms with E-state index in [9.17, 15) is 5.11 Å². The average molecular weight is 320 g/mol. The smallest absolute Gasteiger partial charge is 0.199 e. The molecule has 0 aliphatic carbocycles. The molecule has 1 unspecified atom stereocenters. The molecule has 4 rings (SSSR count). The Morgan fingerprint density at radius 2 is 1.58 bits per heavy atom. The predicted octanol–water partition coefficient (Wildman–Crippen LogP) is 5.12. The number of hydrogen-bond acceptors (Lipinski definition) is 3. The summed E-state index contributed by atoms with van der Waals surface area (Å²) in [7, 11) is 0. The zero-order valence-corrected chi connectivity index (χ0v) is 13.4. The lowest BCUT2D eigenvalue weighted by Crippen LogP contribution is -2.24. The van der Waals surface area contributed by atoms with Gasteiger partial charge in [0, 0.05) is 6.42 Å². The molecule has 1 N–H and O–H groups in total. The van der Waals surface area contributed by atoms with Gasteiger partial charge in [0.2, 0.25) is 0 Å². The average Bonchev–Trinajstić information content (AvgIpc) is 2.63. The molecule has 0 spiro atoms. The normalized spacial score (nSPS) is 17.8. The summed E-state index contributed by atoms with van der Waals surface area (Å²) in [4.78, 5) is 0. The number of rotatable bonds is 3. The molecule has 1 fully saturated rings. The molecule has 24 heavy (non-hydrogen) atoms. The van der Waals surface area contributed by atoms with Crippen LogP contribution in [0.1, 0.15) is 19.3 Å². The van der Waals surface area contributed by atoms with E-state index in [1.165, 1.54) is 0 Å². The molecule has 1 atom stereocenters. The Morgan fingerprint density at radius 3 is 2.38 bits per heavy atom. The van der Waals surface area contributed by atoms with Crippen molar-refractivity contribution in [2.75, 3.05) is 6.61 Å². The fraction of sp³-hybridized carbons (Fsp3) is 0.238. The number of phenols is 1. The summed E-state index contributed by atoms with van der Waals surface area (Å²) in [6.07, 6.45) is 3.12. The molecule has 3 nitrogen and oxygen atoms in total. The minimum absolute atomic E-state index is 0.118. The van der Waals surface area contributed by atoms with Crippen molar-refractivity contribution in [3.63, 3.8) is 0 Å². The van der Waals surface area contributed by atoms with Crippen LogP contribution in [0.4, 0.5) is 0 Å². The van der Waals surface area contributed by atoms with Gasteiger partial charge in [0.25, 0.3) is 0 Å². The fourth-order valence-corrected chi connectivity index (χ4v) is 3.09. The Bertz CT molecular complexity index is 833. The second-order valence-electron chi connectivity index (χ2n) is 6.18. The van der Waals surface area contributed by atoms with E-state index in [-0.39, 0.29) is 12.0 Å². The van der Waals surface area contributed by atoms with Crippen LogP contribution >= 0.6 is 0 Å². The SMILES string of the molecule is Oc1ccc(-c2ccc3cc(OC4CCCCO4)ccc3c2)cc1. The van der Waals surface area contributed by atoms with E-state index >= 15 is 0 Å². The highest BCUT2D eigenvalue weighted by Gasteiger charge is 2.15. The molecule has 3 heteroatoms. The molecule has 1 saturated heterocycles. The van der Waals surface area contributed by atoms with Crippen LogP contribution in [0.2, 0.25) is 0 Å². The Hall–Kier alpha value is -2.52. The van der Waals surface area contributed by atoms with Crippen LogP contribution < -0.4 is 4.74 Å². The summed E-state index contributed by atoms with van der Waals surface area (Å²) in [6.45, 7) is 0.786. The number of aromatic hydroxyl groups is 1. The lowest BCUT2D eigenvalue weighted by Gasteiger charge is -2.23. The number of fused-ring (bicyclic) bond motifs is 1. The lowest BCUT2D eigenvalue weighted by molar-refractivity contribution is -0.105. The van der Waals surface area contributed by atoms with Gasteiger partial charge in [-0.2, -0.15) is 0 Å². The van der Waals surface area contributed by atoms with Gasteiger partial charge < -0.3 is 14.6 Å². The van der Waals surface area contributed by atoms with Crippen molar-refractivity contribution in [1.82, 2.24) is 0 Å². The first-order chi connectivity index (χ1) is 11.8. The highest BCUT2D eigenvalue weighted by Crippen LogP contribution is 2.29. The Kier molecular flexibility index (Phi) is 4.09. The minimum Gasteiger partial charge on any atom is -0.508 e. The number of ether oxygens (including phenoxy) is 2. The third-order valence-electron chi connectivity index (χ3n) is 4.42. The topological polar surface area (TPSA) is 38.7 Å². The summed E-state index contributed by atoms with van der Waals surface area (Å²) in [5, 5.41) is 11.7. The lowest BCUT2D eigenvalue weighted by atomic mass is 10.0. The van der Waals surface area contributed by atoms with Crippen LogP contribution in [0, 0.1) is 0 Å². The van der Waals surface area contributed by atoms with Crippen molar-refractivity contribution in [2.24, 2.45) is 0 Å². The van der Waals surface area contributed by atoms with E-state index in [2.05, 4.69) is 30.3 Å². The van der Waals surface area contributed by atoms with Gasteiger partial charge in [-0.1, -0.05) is 30.3 Å². The third-order valence-corrected chi connectivity index (χ3v) is 4.42. The molecule has 3 aromatic carbocycles. The minimum atomic E-state index is -0.118. The molecule has 1 aliphatic rings. The highest BCUT2D eigenvalue weighted by atomic mass is 16.7. The maximum Gasteiger partial charge on any atom is 0.199 e. The number of phenolic OH excluding ortho intramolecular Hbond substituents is 1. The van der Waals surface area contributed by atoms with Crippen LogP contribution in [0.25, 0.3) is 21.9 Å². The van der Waals surface area contributed by atoms with Crippen molar-refractivity contribution in [3.05, 3.63) is 60.7 Å². The van der Waals surface area contributed by atoms with E-state index in [0.717, 1.165) is 53.5 Å². The number of benzene rings is 3. The molecule has 0 bridgehead atoms. The standard InChI is InChI=1S/C21H20O3/c22-19-9-6-15(7-10-19)16-4-5-18-14-20(11-8-17(18)13-16)24-21-3-1-2-12-23-21/h4-11,13-14,21-22H,1-3,12H2. The van der Waals surface area contributed by atoms with Gasteiger partial charge in [-0.15, -0.1) is 0 Å². The van der Waals surface area contributed by atoms with E-state index in [0.29, 0.717) is 0 Å². The van der Waals surface area contributed by atoms with E-state index in [1.807, 2.05) is 18.2 Å². The summed E-state index contributed by atoms with van der Waals surface area (Å²) >= 11 is 0. The van der Waals surface area contributed by atoms with Gasteiger partial charge in [-0.3, -0.25) is 0 Å². The quantitative estimate of drug-likeness (QED) is 0.728. The van der Waals surface area contributed by atoms with Crippen LogP contribution in [0.15, 0.2) is 60.7 Å². The molecule has 0 radical (unpaired) electrons. The summed E-state index contributed by atoms with van der Waals surface area (Å²) in [6, 6.07) is 19.8. The molecule has 0 saturated carbocycles. The van der Waals surface area contributed by atoms with Gasteiger partial charge in [0.15, 0.2) is 6.29 Å². The molecule has 0 amide bonds. The van der Waals surface area contributed by atoms with Crippen molar-refractivity contribution < 1.29 is 14.6 Å². The second kappa shape index (κ2) is 6.54. The van der Waals surface area contributed by atoms with Crippen molar-refractivity contribution >= 4 is 10.8 Å². The van der Waals surface area contributed by atoms with Gasteiger partial charge in [-0.25, -0.2) is 0 Å². The van der Waals surface area contributed by atoms with Gasteiger partial charge in [0.05, 0.1) is 6.61 Å². The van der Waals surface area contributed by atoms with Crippen molar-refractivity contribution in [2.45, 2.75) is 25.6 Å². The van der Waals surface area contributed by atoms with E-state index in [1.54, 1.807) is 12.1 Å². The van der Waals surface area contributed by atoms with E-state index < -0.39 is 0 Å². The van der Waals surface area contributed by atoms with Crippen LogP contribution in [0.5, 0.6) is 11.5 Å². The van der Waals surface area contributed by atoms with Crippen LogP contribution in [-0.2, 0) is 4.74 Å². The first-order valence-electron chi connectivity index (χ1n) is 8.39. The van der Waals surface area contributed by atoms with Crippen LogP contribution in [0.3, 0.4) is 0 Å². The molecule has 1 aliphatic heterocycles. The molecule has 122 valence electrons. The molecule has 1 heterocycles. The highest BCUT2D eigenvalue weighted by molar-refractivity contribution is 5.88. The van der Waals surface area contributed by atoms with Crippen LogP contribution in [-0.4, -0.2) is 18.0 Å².